The van der Waals surface area contributed by atoms with Crippen LogP contribution < -0.4 is 5.73 Å². The minimum Gasteiger partial charge on any atom is -0.444 e. The Morgan fingerprint density at radius 1 is 1.31 bits per heavy atom. The van der Waals surface area contributed by atoms with Crippen LogP contribution in [0.1, 0.15) is 77.3 Å². The normalized spacial score (nSPS) is 18.4. The number of hydrogen-bond donors (Lipinski definition) is 2. The molecule has 1 amide bonds. The Morgan fingerprint density at radius 2 is 2.06 bits per heavy atom. The van der Waals surface area contributed by atoms with Gasteiger partial charge in [-0.2, -0.15) is 0 Å². The number of rotatable bonds is 7. The molecule has 1 aromatic carbocycles. The standard InChI is InChI=1S/C28H40ClN3O3/c1-19(2)20-9-6-10-21(15-20)25-23(16-31-17-24(25)29)28(34,12-8-13-30)22-11-7-14-32(18-22)26(33)35-27(3,4)5/h6,9-10,15-17,19,22,34H,7-8,11-14,18,30H2,1-5H3/t22-,28?/m1/s1. The van der Waals surface area contributed by atoms with Crippen molar-refractivity contribution in [1.29, 1.82) is 0 Å². The number of aromatic nitrogens is 1. The van der Waals surface area contributed by atoms with Crippen molar-refractivity contribution < 1.29 is 14.6 Å². The zero-order chi connectivity index (χ0) is 25.8. The fraction of sp³-hybridized carbons (Fsp3) is 0.571. The molecule has 1 unspecified atom stereocenters. The molecule has 0 spiro atoms. The van der Waals surface area contributed by atoms with Crippen LogP contribution in [-0.2, 0) is 10.3 Å². The van der Waals surface area contributed by atoms with E-state index in [1.807, 2.05) is 32.9 Å². The quantitative estimate of drug-likeness (QED) is 0.478. The summed E-state index contributed by atoms with van der Waals surface area (Å²) in [7, 11) is 0. The summed E-state index contributed by atoms with van der Waals surface area (Å²) in [5.74, 6) is 0.151. The first kappa shape index (κ1) is 27.4. The van der Waals surface area contributed by atoms with Crippen LogP contribution in [0.5, 0.6) is 0 Å². The summed E-state index contributed by atoms with van der Waals surface area (Å²) in [6, 6.07) is 8.28. The van der Waals surface area contributed by atoms with E-state index in [-0.39, 0.29) is 12.0 Å². The maximum Gasteiger partial charge on any atom is 0.410 e. The number of pyridine rings is 1. The summed E-state index contributed by atoms with van der Waals surface area (Å²) >= 11 is 6.74. The van der Waals surface area contributed by atoms with Crippen molar-refractivity contribution in [2.45, 2.75) is 77.4 Å². The van der Waals surface area contributed by atoms with Crippen molar-refractivity contribution in [3.63, 3.8) is 0 Å². The van der Waals surface area contributed by atoms with E-state index in [1.165, 1.54) is 5.56 Å². The summed E-state index contributed by atoms with van der Waals surface area (Å²) in [4.78, 5) is 18.9. The van der Waals surface area contributed by atoms with Gasteiger partial charge < -0.3 is 20.5 Å². The van der Waals surface area contributed by atoms with Crippen molar-refractivity contribution in [1.82, 2.24) is 9.88 Å². The number of nitrogens with two attached hydrogens (primary N) is 1. The maximum atomic E-state index is 12.8. The van der Waals surface area contributed by atoms with Crippen LogP contribution in [0.4, 0.5) is 4.79 Å². The van der Waals surface area contributed by atoms with Crippen molar-refractivity contribution in [3.05, 3.63) is 52.8 Å². The molecule has 1 aromatic heterocycles. The Morgan fingerprint density at radius 3 is 2.71 bits per heavy atom. The van der Waals surface area contributed by atoms with Crippen molar-refractivity contribution in [3.8, 4) is 11.1 Å². The third kappa shape index (κ3) is 6.54. The van der Waals surface area contributed by atoms with Gasteiger partial charge in [0.15, 0.2) is 0 Å². The van der Waals surface area contributed by atoms with Gasteiger partial charge in [-0.25, -0.2) is 4.79 Å². The number of nitrogens with zero attached hydrogens (tertiary/aromatic N) is 2. The molecular formula is C28H40ClN3O3. The summed E-state index contributed by atoms with van der Waals surface area (Å²) in [6.45, 7) is 11.3. The summed E-state index contributed by atoms with van der Waals surface area (Å²) in [6.07, 6.45) is 5.65. The Labute approximate surface area is 214 Å². The third-order valence-electron chi connectivity index (χ3n) is 6.72. The van der Waals surface area contributed by atoms with Gasteiger partial charge in [0.2, 0.25) is 0 Å². The van der Waals surface area contributed by atoms with Gasteiger partial charge in [-0.15, -0.1) is 0 Å². The highest BCUT2D eigenvalue weighted by Crippen LogP contribution is 2.45. The maximum absolute atomic E-state index is 12.8. The second-order valence-electron chi connectivity index (χ2n) is 10.9. The van der Waals surface area contributed by atoms with Crippen LogP contribution in [0, 0.1) is 5.92 Å². The third-order valence-corrected chi connectivity index (χ3v) is 7.01. The van der Waals surface area contributed by atoms with Gasteiger partial charge in [0, 0.05) is 42.5 Å². The van der Waals surface area contributed by atoms with E-state index in [0.717, 1.165) is 24.0 Å². The molecule has 1 saturated heterocycles. The van der Waals surface area contributed by atoms with Crippen LogP contribution in [0.25, 0.3) is 11.1 Å². The van der Waals surface area contributed by atoms with E-state index in [0.29, 0.717) is 49.0 Å². The lowest BCUT2D eigenvalue weighted by molar-refractivity contribution is -0.0628. The van der Waals surface area contributed by atoms with Gasteiger partial charge in [-0.1, -0.05) is 49.7 Å². The van der Waals surface area contributed by atoms with Crippen LogP contribution in [0.2, 0.25) is 5.02 Å². The molecule has 0 radical (unpaired) electrons. The average molecular weight is 502 g/mol. The second-order valence-corrected chi connectivity index (χ2v) is 11.3. The highest BCUT2D eigenvalue weighted by Gasteiger charge is 2.43. The van der Waals surface area contributed by atoms with Gasteiger partial charge in [0.25, 0.3) is 0 Å². The van der Waals surface area contributed by atoms with Crippen LogP contribution >= 0.6 is 11.6 Å². The molecular weight excluding hydrogens is 462 g/mol. The predicted octanol–water partition coefficient (Wildman–Crippen LogP) is 6.10. The Hall–Kier alpha value is -2.15. The van der Waals surface area contributed by atoms with Gasteiger partial charge in [0.05, 0.1) is 10.6 Å². The van der Waals surface area contributed by atoms with Gasteiger partial charge >= 0.3 is 6.09 Å². The van der Waals surface area contributed by atoms with Crippen LogP contribution in [0.3, 0.4) is 0 Å². The van der Waals surface area contributed by atoms with Crippen LogP contribution in [-0.4, -0.2) is 46.3 Å². The van der Waals surface area contributed by atoms with Gasteiger partial charge in [-0.3, -0.25) is 4.98 Å². The number of carbonyl (C=O) groups is 1. The molecule has 1 aliphatic rings. The largest absolute Gasteiger partial charge is 0.444 e. The minimum absolute atomic E-state index is 0.206. The monoisotopic (exact) mass is 501 g/mol. The highest BCUT2D eigenvalue weighted by atomic mass is 35.5. The van der Waals surface area contributed by atoms with Gasteiger partial charge in [-0.05, 0) is 70.0 Å². The number of hydrogen-bond acceptors (Lipinski definition) is 5. The molecule has 2 atom stereocenters. The number of halogens is 1. The molecule has 3 rings (SSSR count). The number of amides is 1. The number of benzene rings is 1. The topological polar surface area (TPSA) is 88.7 Å². The minimum atomic E-state index is -1.25. The second kappa shape index (κ2) is 11.3. The lowest BCUT2D eigenvalue weighted by Gasteiger charge is -2.43. The number of carbonyl (C=O) groups excluding carboxylic acids is 1. The molecule has 2 aromatic rings. The summed E-state index contributed by atoms with van der Waals surface area (Å²) < 4.78 is 5.62. The molecule has 7 heteroatoms. The zero-order valence-electron chi connectivity index (χ0n) is 21.7. The van der Waals surface area contributed by atoms with E-state index in [9.17, 15) is 9.90 Å². The Kier molecular flexibility index (Phi) is 8.84. The fourth-order valence-electron chi connectivity index (χ4n) is 4.90. The predicted molar refractivity (Wildman–Crippen MR) is 141 cm³/mol. The van der Waals surface area contributed by atoms with Crippen LogP contribution in [0.15, 0.2) is 36.7 Å². The molecule has 1 aliphatic heterocycles. The Bertz CT molecular complexity index is 1020. The van der Waals surface area contributed by atoms with Crippen molar-refractivity contribution in [2.75, 3.05) is 19.6 Å². The van der Waals surface area contributed by atoms with E-state index in [4.69, 9.17) is 22.1 Å². The first-order valence-electron chi connectivity index (χ1n) is 12.6. The molecule has 2 heterocycles. The SMILES string of the molecule is CC(C)c1cccc(-c2c(Cl)cncc2C(O)(CCCN)[C@@H]2CCCN(C(=O)OC(C)(C)C)C2)c1. The first-order valence-corrected chi connectivity index (χ1v) is 13.0. The molecule has 6 nitrogen and oxygen atoms in total. The smallest absolute Gasteiger partial charge is 0.410 e. The number of piperidine rings is 1. The molecule has 35 heavy (non-hydrogen) atoms. The summed E-state index contributed by atoms with van der Waals surface area (Å²) in [5.41, 5.74) is 7.68. The number of aliphatic hydroxyl groups is 1. The lowest BCUT2D eigenvalue weighted by atomic mass is 9.72. The highest BCUT2D eigenvalue weighted by molar-refractivity contribution is 6.33. The molecule has 0 saturated carbocycles. The molecule has 3 N–H and O–H groups in total. The number of ether oxygens (including phenoxy) is 1. The Balaban J connectivity index is 2.06. The van der Waals surface area contributed by atoms with E-state index < -0.39 is 11.2 Å². The van der Waals surface area contributed by atoms with E-state index >= 15 is 0 Å². The average Bonchev–Trinajstić information content (AvgIpc) is 2.81. The fourth-order valence-corrected chi connectivity index (χ4v) is 5.17. The molecule has 1 fully saturated rings. The van der Waals surface area contributed by atoms with Crippen molar-refractivity contribution in [2.24, 2.45) is 11.7 Å². The van der Waals surface area contributed by atoms with E-state index in [2.05, 4.69) is 31.0 Å². The van der Waals surface area contributed by atoms with E-state index in [1.54, 1.807) is 17.3 Å². The van der Waals surface area contributed by atoms with Gasteiger partial charge in [0.1, 0.15) is 5.60 Å². The lowest BCUT2D eigenvalue weighted by Crippen LogP contribution is -2.49. The molecule has 0 aliphatic carbocycles. The first-order chi connectivity index (χ1) is 16.5. The molecule has 0 bridgehead atoms. The van der Waals surface area contributed by atoms with Crippen molar-refractivity contribution >= 4 is 17.7 Å². The molecule has 192 valence electrons. The summed E-state index contributed by atoms with van der Waals surface area (Å²) in [5, 5.41) is 12.9. The zero-order valence-corrected chi connectivity index (χ0v) is 22.4. The number of likely N-dealkylation sites (tertiary alicyclic amines) is 1.